The summed E-state index contributed by atoms with van der Waals surface area (Å²) in [5.41, 5.74) is 2.18. The molecule has 0 aliphatic carbocycles. The molecule has 0 aliphatic heterocycles. The van der Waals surface area contributed by atoms with E-state index in [0.29, 0.717) is 17.2 Å². The first-order chi connectivity index (χ1) is 13.5. The Bertz CT molecular complexity index is 1020. The van der Waals surface area contributed by atoms with Crippen molar-refractivity contribution in [2.75, 3.05) is 12.4 Å². The number of nitrogens with one attached hydrogen (secondary N) is 1. The molecule has 1 heterocycles. The molecule has 2 aromatic carbocycles. The van der Waals surface area contributed by atoms with Gasteiger partial charge in [0, 0.05) is 11.6 Å². The molecule has 1 aromatic heterocycles. The summed E-state index contributed by atoms with van der Waals surface area (Å²) in [7, 11) is 1.39. The molecule has 0 saturated carbocycles. The Kier molecular flexibility index (Phi) is 5.90. The lowest BCUT2D eigenvalue weighted by Gasteiger charge is -2.09. The number of ether oxygens (including phenoxy) is 2. The van der Waals surface area contributed by atoms with Gasteiger partial charge in [0.25, 0.3) is 11.6 Å². The van der Waals surface area contributed by atoms with Gasteiger partial charge in [0.1, 0.15) is 18.1 Å². The van der Waals surface area contributed by atoms with E-state index in [4.69, 9.17) is 9.47 Å². The van der Waals surface area contributed by atoms with E-state index in [1.165, 1.54) is 36.6 Å². The SMILES string of the molecule is COc1cc([N+](=O)[O-])ccc1NC(=O)c1cc(COc2ccccc2C)cs1. The molecule has 7 nitrogen and oxygen atoms in total. The van der Waals surface area contributed by atoms with E-state index >= 15 is 0 Å². The number of benzene rings is 2. The Balaban J connectivity index is 1.67. The molecular weight excluding hydrogens is 380 g/mol. The number of carbonyl (C=O) groups excluding carboxylic acids is 1. The number of carbonyl (C=O) groups is 1. The average Bonchev–Trinajstić information content (AvgIpc) is 3.16. The van der Waals surface area contributed by atoms with Crippen LogP contribution in [0, 0.1) is 17.0 Å². The number of hydrogen-bond donors (Lipinski definition) is 1. The lowest BCUT2D eigenvalue weighted by molar-refractivity contribution is -0.384. The largest absolute Gasteiger partial charge is 0.494 e. The summed E-state index contributed by atoms with van der Waals surface area (Å²) in [5.74, 6) is 0.705. The van der Waals surface area contributed by atoms with Crippen LogP contribution in [0.2, 0.25) is 0 Å². The second-order valence-electron chi connectivity index (χ2n) is 5.97. The zero-order valence-electron chi connectivity index (χ0n) is 15.3. The highest BCUT2D eigenvalue weighted by Gasteiger charge is 2.15. The molecule has 0 saturated heterocycles. The summed E-state index contributed by atoms with van der Waals surface area (Å²) in [6, 6.07) is 13.5. The molecule has 0 radical (unpaired) electrons. The fourth-order valence-corrected chi connectivity index (χ4v) is 3.32. The van der Waals surface area contributed by atoms with Gasteiger partial charge in [-0.25, -0.2) is 0 Å². The topological polar surface area (TPSA) is 90.7 Å². The van der Waals surface area contributed by atoms with Crippen molar-refractivity contribution in [1.82, 2.24) is 0 Å². The third kappa shape index (κ3) is 4.47. The summed E-state index contributed by atoms with van der Waals surface area (Å²) in [6.45, 7) is 2.33. The van der Waals surface area contributed by atoms with Gasteiger partial charge in [-0.3, -0.25) is 14.9 Å². The van der Waals surface area contributed by atoms with Crippen molar-refractivity contribution in [3.8, 4) is 11.5 Å². The lowest BCUT2D eigenvalue weighted by atomic mass is 10.2. The van der Waals surface area contributed by atoms with Crippen LogP contribution >= 0.6 is 11.3 Å². The fraction of sp³-hybridized carbons (Fsp3) is 0.150. The summed E-state index contributed by atoms with van der Waals surface area (Å²) in [4.78, 5) is 23.4. The first-order valence-corrected chi connectivity index (χ1v) is 9.25. The van der Waals surface area contributed by atoms with Crippen LogP contribution in [0.5, 0.6) is 11.5 Å². The zero-order chi connectivity index (χ0) is 20.1. The van der Waals surface area contributed by atoms with Crippen molar-refractivity contribution < 1.29 is 19.2 Å². The predicted molar refractivity (Wildman–Crippen MR) is 107 cm³/mol. The van der Waals surface area contributed by atoms with Crippen LogP contribution in [0.4, 0.5) is 11.4 Å². The monoisotopic (exact) mass is 398 g/mol. The molecule has 28 heavy (non-hydrogen) atoms. The standard InChI is InChI=1S/C20H18N2O5S/c1-13-5-3-4-6-17(13)27-11-14-9-19(28-12-14)20(23)21-16-8-7-15(22(24)25)10-18(16)26-2/h3-10,12H,11H2,1-2H3,(H,21,23). The maximum Gasteiger partial charge on any atom is 0.273 e. The van der Waals surface area contributed by atoms with Crippen molar-refractivity contribution in [1.29, 1.82) is 0 Å². The summed E-state index contributed by atoms with van der Waals surface area (Å²) in [5, 5.41) is 15.4. The molecule has 3 rings (SSSR count). The quantitative estimate of drug-likeness (QED) is 0.456. The molecule has 0 bridgehead atoms. The number of amides is 1. The number of para-hydroxylation sites is 1. The number of nitro benzene ring substituents is 1. The molecule has 1 amide bonds. The predicted octanol–water partition coefficient (Wildman–Crippen LogP) is 4.80. The Morgan fingerprint density at radius 3 is 2.68 bits per heavy atom. The molecular formula is C20H18N2O5S. The van der Waals surface area contributed by atoms with E-state index in [0.717, 1.165) is 16.9 Å². The molecule has 8 heteroatoms. The molecule has 0 fully saturated rings. The van der Waals surface area contributed by atoms with Gasteiger partial charge in [0.2, 0.25) is 0 Å². The minimum Gasteiger partial charge on any atom is -0.494 e. The van der Waals surface area contributed by atoms with Gasteiger partial charge in [-0.05, 0) is 36.1 Å². The van der Waals surface area contributed by atoms with Gasteiger partial charge in [0.05, 0.1) is 28.7 Å². The van der Waals surface area contributed by atoms with Crippen molar-refractivity contribution >= 4 is 28.6 Å². The van der Waals surface area contributed by atoms with Crippen LogP contribution in [-0.4, -0.2) is 17.9 Å². The number of hydrogen-bond acceptors (Lipinski definition) is 6. The van der Waals surface area contributed by atoms with Gasteiger partial charge in [-0.1, -0.05) is 18.2 Å². The molecule has 1 N–H and O–H groups in total. The number of rotatable bonds is 7. The third-order valence-corrected chi connectivity index (χ3v) is 4.99. The van der Waals surface area contributed by atoms with E-state index in [-0.39, 0.29) is 17.3 Å². The van der Waals surface area contributed by atoms with Crippen LogP contribution in [-0.2, 0) is 6.61 Å². The van der Waals surface area contributed by atoms with Gasteiger partial charge in [0.15, 0.2) is 0 Å². The second-order valence-corrected chi connectivity index (χ2v) is 6.88. The van der Waals surface area contributed by atoms with Crippen LogP contribution in [0.15, 0.2) is 53.9 Å². The number of nitrogens with zero attached hydrogens (tertiary/aromatic N) is 1. The Labute approximate surface area is 165 Å². The first-order valence-electron chi connectivity index (χ1n) is 8.37. The maximum atomic E-state index is 12.5. The van der Waals surface area contributed by atoms with Crippen molar-refractivity contribution in [3.63, 3.8) is 0 Å². The van der Waals surface area contributed by atoms with E-state index < -0.39 is 4.92 Å². The highest BCUT2D eigenvalue weighted by molar-refractivity contribution is 7.12. The highest BCUT2D eigenvalue weighted by Crippen LogP contribution is 2.30. The van der Waals surface area contributed by atoms with Crippen molar-refractivity contribution in [2.24, 2.45) is 0 Å². The smallest absolute Gasteiger partial charge is 0.273 e. The Morgan fingerprint density at radius 1 is 1.18 bits per heavy atom. The molecule has 144 valence electrons. The molecule has 3 aromatic rings. The van der Waals surface area contributed by atoms with E-state index in [9.17, 15) is 14.9 Å². The molecule has 0 unspecified atom stereocenters. The maximum absolute atomic E-state index is 12.5. The van der Waals surface area contributed by atoms with E-state index in [2.05, 4.69) is 5.32 Å². The number of thiophene rings is 1. The average molecular weight is 398 g/mol. The Morgan fingerprint density at radius 2 is 1.96 bits per heavy atom. The molecule has 0 aliphatic rings. The number of nitro groups is 1. The van der Waals surface area contributed by atoms with Crippen LogP contribution < -0.4 is 14.8 Å². The normalized spacial score (nSPS) is 10.4. The molecule has 0 spiro atoms. The van der Waals surface area contributed by atoms with Crippen molar-refractivity contribution in [3.05, 3.63) is 80.0 Å². The fourth-order valence-electron chi connectivity index (χ4n) is 2.53. The Hall–Kier alpha value is -3.39. The van der Waals surface area contributed by atoms with Crippen LogP contribution in [0.1, 0.15) is 20.8 Å². The third-order valence-electron chi connectivity index (χ3n) is 4.01. The summed E-state index contributed by atoms with van der Waals surface area (Å²) >= 11 is 1.30. The number of aryl methyl sites for hydroxylation is 1. The van der Waals surface area contributed by atoms with Crippen LogP contribution in [0.25, 0.3) is 0 Å². The number of anilines is 1. The summed E-state index contributed by atoms with van der Waals surface area (Å²) in [6.07, 6.45) is 0. The molecule has 0 atom stereocenters. The lowest BCUT2D eigenvalue weighted by Crippen LogP contribution is -2.11. The van der Waals surface area contributed by atoms with Gasteiger partial charge < -0.3 is 14.8 Å². The van der Waals surface area contributed by atoms with Gasteiger partial charge in [-0.2, -0.15) is 0 Å². The first kappa shape index (κ1) is 19.4. The summed E-state index contributed by atoms with van der Waals surface area (Å²) < 4.78 is 10.9. The number of methoxy groups -OCH3 is 1. The minimum atomic E-state index is -0.520. The zero-order valence-corrected chi connectivity index (χ0v) is 16.1. The second kappa shape index (κ2) is 8.53. The van der Waals surface area contributed by atoms with Gasteiger partial charge in [-0.15, -0.1) is 11.3 Å². The van der Waals surface area contributed by atoms with E-state index in [1.807, 2.05) is 36.6 Å². The van der Waals surface area contributed by atoms with Crippen molar-refractivity contribution in [2.45, 2.75) is 13.5 Å². The number of non-ortho nitro benzene ring substituents is 1. The highest BCUT2D eigenvalue weighted by atomic mass is 32.1. The van der Waals surface area contributed by atoms with E-state index in [1.54, 1.807) is 6.07 Å². The van der Waals surface area contributed by atoms with Gasteiger partial charge >= 0.3 is 0 Å². The minimum absolute atomic E-state index is 0.110. The van der Waals surface area contributed by atoms with Crippen LogP contribution in [0.3, 0.4) is 0 Å².